The van der Waals surface area contributed by atoms with Gasteiger partial charge in [0.1, 0.15) is 11.6 Å². The fourth-order valence-corrected chi connectivity index (χ4v) is 5.71. The molecule has 31 heavy (non-hydrogen) atoms. The number of sulfone groups is 1. The van der Waals surface area contributed by atoms with Crippen LogP contribution in [0.15, 0.2) is 53.9 Å². The van der Waals surface area contributed by atoms with Crippen molar-refractivity contribution in [3.63, 3.8) is 0 Å². The largest absolute Gasteiger partial charge is 0.382 e. The van der Waals surface area contributed by atoms with Crippen LogP contribution < -0.4 is 5.73 Å². The Morgan fingerprint density at radius 3 is 2.32 bits per heavy atom. The molecule has 1 aromatic carbocycles. The minimum Gasteiger partial charge on any atom is -0.382 e. The average Bonchev–Trinajstić information content (AvgIpc) is 2.75. The number of aromatic nitrogens is 3. The summed E-state index contributed by atoms with van der Waals surface area (Å²) in [5.74, 6) is -0.273. The first-order valence-electron chi connectivity index (χ1n) is 9.53. The van der Waals surface area contributed by atoms with E-state index in [1.54, 1.807) is 24.3 Å². The molecule has 1 aliphatic rings. The van der Waals surface area contributed by atoms with Crippen molar-refractivity contribution in [1.82, 2.24) is 15.0 Å². The summed E-state index contributed by atoms with van der Waals surface area (Å²) < 4.78 is 41.2. The highest BCUT2D eigenvalue weighted by Crippen LogP contribution is 2.34. The van der Waals surface area contributed by atoms with E-state index in [0.717, 1.165) is 19.3 Å². The van der Waals surface area contributed by atoms with Crippen molar-refractivity contribution in [1.29, 1.82) is 0 Å². The molecule has 2 aromatic heterocycles. The van der Waals surface area contributed by atoms with Gasteiger partial charge in [0.2, 0.25) is 0 Å². The summed E-state index contributed by atoms with van der Waals surface area (Å²) in [6.07, 6.45) is 8.36. The van der Waals surface area contributed by atoms with Gasteiger partial charge >= 0.3 is 0 Å². The number of halogens is 3. The van der Waals surface area contributed by atoms with Gasteiger partial charge in [-0.05, 0) is 42.7 Å². The van der Waals surface area contributed by atoms with Crippen LogP contribution in [-0.4, -0.2) is 28.6 Å². The van der Waals surface area contributed by atoms with Crippen LogP contribution in [-0.2, 0) is 9.84 Å². The summed E-state index contributed by atoms with van der Waals surface area (Å²) in [5.41, 5.74) is 7.01. The van der Waals surface area contributed by atoms with E-state index in [-0.39, 0.29) is 41.2 Å². The van der Waals surface area contributed by atoms with Crippen molar-refractivity contribution in [2.24, 2.45) is 0 Å². The molecular weight excluding hydrogens is 462 g/mol. The lowest BCUT2D eigenvalue weighted by molar-refractivity contribution is 0.482. The standard InChI is InChI=1S/C21H21FN4O2S.2ClH/c22-18-11-14(8-9-17(18)19-12-26-20(23)13-25-19)16-7-4-10-24-21(16)29(27,28)15-5-2-1-3-6-15;;/h4,7-13,15H,1-3,5-6H2,(H2,23,26);2*1H. The zero-order chi connectivity index (χ0) is 20.4. The number of nitrogens with two attached hydrogens (primary N) is 1. The Balaban J connectivity index is 0.00000171. The molecule has 1 fully saturated rings. The van der Waals surface area contributed by atoms with Crippen LogP contribution in [0.25, 0.3) is 22.4 Å². The summed E-state index contributed by atoms with van der Waals surface area (Å²) in [6, 6.07) is 7.87. The Morgan fingerprint density at radius 2 is 1.68 bits per heavy atom. The Kier molecular flexibility index (Phi) is 8.34. The highest BCUT2D eigenvalue weighted by Gasteiger charge is 2.32. The minimum atomic E-state index is -3.59. The number of hydrogen-bond acceptors (Lipinski definition) is 6. The smallest absolute Gasteiger partial charge is 0.199 e. The van der Waals surface area contributed by atoms with E-state index in [2.05, 4.69) is 15.0 Å². The van der Waals surface area contributed by atoms with Crippen molar-refractivity contribution in [3.05, 3.63) is 54.7 Å². The van der Waals surface area contributed by atoms with E-state index in [1.807, 2.05) is 0 Å². The monoisotopic (exact) mass is 484 g/mol. The quantitative estimate of drug-likeness (QED) is 0.566. The SMILES string of the molecule is Cl.Cl.Nc1cnc(-c2ccc(-c3cccnc3S(=O)(=O)C3CCCCC3)cc2F)cn1. The van der Waals surface area contributed by atoms with E-state index in [9.17, 15) is 12.8 Å². The number of nitrogens with zero attached hydrogens (tertiary/aromatic N) is 3. The van der Waals surface area contributed by atoms with Crippen LogP contribution in [0.2, 0.25) is 0 Å². The molecule has 0 amide bonds. The molecule has 0 radical (unpaired) electrons. The van der Waals surface area contributed by atoms with Gasteiger partial charge in [-0.15, -0.1) is 24.8 Å². The summed E-state index contributed by atoms with van der Waals surface area (Å²) >= 11 is 0. The van der Waals surface area contributed by atoms with Gasteiger partial charge < -0.3 is 5.73 Å². The third kappa shape index (κ3) is 5.14. The first kappa shape index (κ1) is 25.0. The molecule has 2 heterocycles. The zero-order valence-corrected chi connectivity index (χ0v) is 19.0. The average molecular weight is 485 g/mol. The second-order valence-corrected chi connectivity index (χ2v) is 9.33. The fourth-order valence-electron chi connectivity index (χ4n) is 3.74. The topological polar surface area (TPSA) is 98.8 Å². The maximum absolute atomic E-state index is 14.8. The Hall–Kier alpha value is -2.29. The fraction of sp³-hybridized carbons (Fsp3) is 0.286. The molecule has 2 N–H and O–H groups in total. The number of nitrogen functional groups attached to an aromatic ring is 1. The normalized spacial score (nSPS) is 14.4. The lowest BCUT2D eigenvalue weighted by Crippen LogP contribution is -2.25. The number of benzene rings is 1. The maximum Gasteiger partial charge on any atom is 0.199 e. The Labute approximate surface area is 193 Å². The molecule has 1 aliphatic carbocycles. The van der Waals surface area contributed by atoms with Crippen molar-refractivity contribution >= 4 is 40.5 Å². The van der Waals surface area contributed by atoms with Crippen molar-refractivity contribution in [2.45, 2.75) is 42.4 Å². The first-order valence-corrected chi connectivity index (χ1v) is 11.1. The van der Waals surface area contributed by atoms with Gasteiger partial charge in [0.25, 0.3) is 0 Å². The van der Waals surface area contributed by atoms with Crippen LogP contribution in [0.1, 0.15) is 32.1 Å². The van der Waals surface area contributed by atoms with Gasteiger partial charge in [0.15, 0.2) is 14.9 Å². The second kappa shape index (κ2) is 10.3. The molecular formula is C21H23Cl2FN4O2S. The van der Waals surface area contributed by atoms with Crippen LogP contribution in [0.5, 0.6) is 0 Å². The Morgan fingerprint density at radius 1 is 0.935 bits per heavy atom. The van der Waals surface area contributed by atoms with Gasteiger partial charge in [-0.1, -0.05) is 25.3 Å². The highest BCUT2D eigenvalue weighted by atomic mass is 35.5. The number of hydrogen-bond donors (Lipinski definition) is 1. The lowest BCUT2D eigenvalue weighted by atomic mass is 10.0. The van der Waals surface area contributed by atoms with Gasteiger partial charge in [0.05, 0.1) is 23.3 Å². The third-order valence-corrected chi connectivity index (χ3v) is 7.47. The van der Waals surface area contributed by atoms with Gasteiger partial charge in [-0.25, -0.2) is 22.8 Å². The summed E-state index contributed by atoms with van der Waals surface area (Å²) in [5, 5.41) is -0.412. The molecule has 0 aliphatic heterocycles. The van der Waals surface area contributed by atoms with Crippen molar-refractivity contribution in [2.75, 3.05) is 5.73 Å². The van der Waals surface area contributed by atoms with E-state index < -0.39 is 20.9 Å². The van der Waals surface area contributed by atoms with E-state index in [4.69, 9.17) is 5.73 Å². The molecule has 6 nitrogen and oxygen atoms in total. The highest BCUT2D eigenvalue weighted by molar-refractivity contribution is 7.92. The minimum absolute atomic E-state index is 0. The summed E-state index contributed by atoms with van der Waals surface area (Å²) in [4.78, 5) is 12.2. The first-order chi connectivity index (χ1) is 14.0. The van der Waals surface area contributed by atoms with E-state index in [1.165, 1.54) is 24.7 Å². The lowest BCUT2D eigenvalue weighted by Gasteiger charge is -2.22. The number of anilines is 1. The molecule has 10 heteroatoms. The zero-order valence-electron chi connectivity index (χ0n) is 16.6. The molecule has 0 atom stereocenters. The van der Waals surface area contributed by atoms with Crippen LogP contribution in [0.3, 0.4) is 0 Å². The molecule has 1 saturated carbocycles. The van der Waals surface area contributed by atoms with Crippen LogP contribution >= 0.6 is 24.8 Å². The van der Waals surface area contributed by atoms with Gasteiger partial charge in [0, 0.05) is 17.3 Å². The molecule has 4 rings (SSSR count). The Bertz CT molecular complexity index is 1140. The predicted octanol–water partition coefficient (Wildman–Crippen LogP) is 4.88. The van der Waals surface area contributed by atoms with E-state index >= 15 is 0 Å². The van der Waals surface area contributed by atoms with E-state index in [0.29, 0.717) is 29.7 Å². The molecule has 0 spiro atoms. The molecule has 166 valence electrons. The molecule has 0 unspecified atom stereocenters. The van der Waals surface area contributed by atoms with Crippen molar-refractivity contribution in [3.8, 4) is 22.4 Å². The van der Waals surface area contributed by atoms with Gasteiger partial charge in [-0.3, -0.25) is 4.98 Å². The van der Waals surface area contributed by atoms with Crippen LogP contribution in [0, 0.1) is 5.82 Å². The molecule has 0 bridgehead atoms. The molecule has 3 aromatic rings. The van der Waals surface area contributed by atoms with Crippen molar-refractivity contribution < 1.29 is 12.8 Å². The number of pyridine rings is 1. The number of rotatable bonds is 4. The van der Waals surface area contributed by atoms with Gasteiger partial charge in [-0.2, -0.15) is 0 Å². The second-order valence-electron chi connectivity index (χ2n) is 7.18. The third-order valence-electron chi connectivity index (χ3n) is 5.26. The summed E-state index contributed by atoms with van der Waals surface area (Å²) in [7, 11) is -3.59. The maximum atomic E-state index is 14.8. The predicted molar refractivity (Wildman–Crippen MR) is 124 cm³/mol. The van der Waals surface area contributed by atoms with Crippen LogP contribution in [0.4, 0.5) is 10.2 Å². The summed E-state index contributed by atoms with van der Waals surface area (Å²) in [6.45, 7) is 0. The molecule has 0 saturated heterocycles.